The molecule has 0 aromatic heterocycles. The summed E-state index contributed by atoms with van der Waals surface area (Å²) in [6.07, 6.45) is 3.29. The zero-order valence-corrected chi connectivity index (χ0v) is 24.5. The first-order valence-corrected chi connectivity index (χ1v) is 15.4. The van der Waals surface area contributed by atoms with Crippen LogP contribution in [0.1, 0.15) is 51.4 Å². The predicted molar refractivity (Wildman–Crippen MR) is 149 cm³/mol. The largest absolute Gasteiger partial charge is 0.379 e. The molecule has 3 aliphatic rings. The molecule has 236 valence electrons. The van der Waals surface area contributed by atoms with Crippen LogP contribution in [-0.4, -0.2) is 117 Å². The quantitative estimate of drug-likeness (QED) is 0.0731. The van der Waals surface area contributed by atoms with Gasteiger partial charge in [-0.05, 0) is 12.8 Å². The average Bonchev–Trinajstić information content (AvgIpc) is 3.62. The van der Waals surface area contributed by atoms with Crippen molar-refractivity contribution in [1.82, 2.24) is 26.3 Å². The number of nitrogens with one attached hydrogen (secondary N) is 4. The molecule has 4 N–H and O–H groups in total. The van der Waals surface area contributed by atoms with E-state index in [0.29, 0.717) is 43.0 Å². The van der Waals surface area contributed by atoms with Gasteiger partial charge in [0.2, 0.25) is 11.8 Å². The number of thioether (sulfide) groups is 1. The van der Waals surface area contributed by atoms with Crippen molar-refractivity contribution in [2.75, 3.05) is 58.5 Å². The van der Waals surface area contributed by atoms with Crippen molar-refractivity contribution in [2.45, 2.75) is 68.7 Å². The van der Waals surface area contributed by atoms with Crippen LogP contribution < -0.4 is 21.3 Å². The van der Waals surface area contributed by atoms with E-state index in [1.807, 2.05) is 11.8 Å². The number of imide groups is 1. The van der Waals surface area contributed by atoms with Crippen molar-refractivity contribution in [3.8, 4) is 0 Å². The van der Waals surface area contributed by atoms with Gasteiger partial charge in [0.25, 0.3) is 11.8 Å². The van der Waals surface area contributed by atoms with Crippen LogP contribution in [0.5, 0.6) is 0 Å². The number of rotatable bonds is 21. The lowest BCUT2D eigenvalue weighted by atomic mass is 10.0. The van der Waals surface area contributed by atoms with E-state index in [9.17, 15) is 28.8 Å². The molecule has 16 heteroatoms. The Kier molecular flexibility index (Phi) is 14.8. The fraction of sp³-hybridized carbons (Fsp3) is 0.769. The van der Waals surface area contributed by atoms with Crippen LogP contribution in [0, 0.1) is 0 Å². The molecule has 3 heterocycles. The molecule has 3 aliphatic heterocycles. The van der Waals surface area contributed by atoms with Gasteiger partial charge in [0.05, 0.1) is 58.1 Å². The molecule has 3 atom stereocenters. The molecule has 0 spiro atoms. The number of amides is 6. The molecule has 0 aromatic carbocycles. The van der Waals surface area contributed by atoms with Crippen LogP contribution in [0.15, 0.2) is 0 Å². The molecule has 3 fully saturated rings. The minimum atomic E-state index is -0.721. The maximum absolute atomic E-state index is 12.0. The molecule has 0 saturated carbocycles. The summed E-state index contributed by atoms with van der Waals surface area (Å²) < 4.78 is 16.0. The second-order valence-electron chi connectivity index (χ2n) is 9.95. The summed E-state index contributed by atoms with van der Waals surface area (Å²) in [6, 6.07) is 0.317. The number of hydroxylamine groups is 2. The number of hydrogen-bond acceptors (Lipinski definition) is 11. The molecular weight excluding hydrogens is 574 g/mol. The molecule has 3 saturated heterocycles. The summed E-state index contributed by atoms with van der Waals surface area (Å²) >= 11 is 1.87. The van der Waals surface area contributed by atoms with Gasteiger partial charge < -0.3 is 40.3 Å². The Labute approximate surface area is 248 Å². The normalized spacial score (nSPS) is 21.2. The Morgan fingerprint density at radius 2 is 1.38 bits per heavy atom. The first-order chi connectivity index (χ1) is 20.3. The molecule has 0 radical (unpaired) electrons. The van der Waals surface area contributed by atoms with Gasteiger partial charge in [0.15, 0.2) is 0 Å². The van der Waals surface area contributed by atoms with Crippen molar-refractivity contribution in [3.05, 3.63) is 0 Å². The number of carbonyl (C=O) groups is 6. The highest BCUT2D eigenvalue weighted by molar-refractivity contribution is 8.00. The molecule has 3 rings (SSSR count). The minimum absolute atomic E-state index is 0.0406. The molecule has 0 aliphatic carbocycles. The smallest absolute Gasteiger partial charge is 0.335 e. The Morgan fingerprint density at radius 3 is 2.05 bits per heavy atom. The lowest BCUT2D eigenvalue weighted by Gasteiger charge is -2.16. The lowest BCUT2D eigenvalue weighted by Crippen LogP contribution is -2.36. The number of fused-ring (bicyclic) bond motifs is 1. The number of unbranched alkanes of at least 4 members (excludes halogenated alkanes) is 1. The van der Waals surface area contributed by atoms with E-state index in [-0.39, 0.29) is 82.0 Å². The van der Waals surface area contributed by atoms with Crippen LogP contribution in [0.2, 0.25) is 0 Å². The summed E-state index contributed by atoms with van der Waals surface area (Å²) in [7, 11) is 0. The van der Waals surface area contributed by atoms with E-state index in [0.717, 1.165) is 25.0 Å². The number of carbonyl (C=O) groups excluding carboxylic acids is 6. The van der Waals surface area contributed by atoms with Crippen molar-refractivity contribution < 1.29 is 47.8 Å². The molecule has 6 amide bonds. The van der Waals surface area contributed by atoms with Crippen LogP contribution in [-0.2, 0) is 43.0 Å². The molecule has 0 bridgehead atoms. The Bertz CT molecular complexity index is 938. The summed E-state index contributed by atoms with van der Waals surface area (Å²) in [4.78, 5) is 74.5. The van der Waals surface area contributed by atoms with E-state index >= 15 is 0 Å². The summed E-state index contributed by atoms with van der Waals surface area (Å²) in [5.41, 5.74) is 0. The van der Waals surface area contributed by atoms with Gasteiger partial charge in [0.1, 0.15) is 0 Å². The summed E-state index contributed by atoms with van der Waals surface area (Å²) in [6.45, 7) is 2.15. The maximum atomic E-state index is 12.0. The minimum Gasteiger partial charge on any atom is -0.379 e. The molecule has 42 heavy (non-hydrogen) atoms. The zero-order valence-electron chi connectivity index (χ0n) is 23.7. The van der Waals surface area contributed by atoms with E-state index in [4.69, 9.17) is 19.0 Å². The van der Waals surface area contributed by atoms with Gasteiger partial charge in [-0.3, -0.25) is 19.2 Å². The molecule has 15 nitrogen and oxygen atoms in total. The third-order valence-electron chi connectivity index (χ3n) is 6.72. The number of urea groups is 1. The summed E-state index contributed by atoms with van der Waals surface area (Å²) in [5, 5.41) is 12.3. The van der Waals surface area contributed by atoms with E-state index in [1.165, 1.54) is 0 Å². The highest BCUT2D eigenvalue weighted by atomic mass is 32.2. The standard InChI is InChI=1S/C26H41N5O10S/c32-20(4-2-1-3-19-25-18(17-42-19)29-26(37)30-25)27-9-10-28-21(33)7-11-38-13-15-40-16-14-39-12-8-24(36)41-31-22(34)5-6-23(31)35/h18-19,25H,1-17H2,(H,27,32)(H,28,33)(H2,29,30,37)/t18-,19-,25-/m0/s1. The Balaban J connectivity index is 1.03. The third-order valence-corrected chi connectivity index (χ3v) is 8.23. The van der Waals surface area contributed by atoms with Gasteiger partial charge >= 0.3 is 12.0 Å². The van der Waals surface area contributed by atoms with Crippen LogP contribution in [0.4, 0.5) is 4.79 Å². The van der Waals surface area contributed by atoms with Crippen LogP contribution in [0.25, 0.3) is 0 Å². The highest BCUT2D eigenvalue weighted by Gasteiger charge is 2.42. The Morgan fingerprint density at radius 1 is 0.786 bits per heavy atom. The van der Waals surface area contributed by atoms with E-state index < -0.39 is 17.8 Å². The van der Waals surface area contributed by atoms with Crippen LogP contribution >= 0.6 is 11.8 Å². The van der Waals surface area contributed by atoms with Gasteiger partial charge in [-0.1, -0.05) is 6.42 Å². The van der Waals surface area contributed by atoms with E-state index in [1.54, 1.807) is 0 Å². The highest BCUT2D eigenvalue weighted by Crippen LogP contribution is 2.33. The number of hydrogen-bond donors (Lipinski definition) is 4. The fourth-order valence-electron chi connectivity index (χ4n) is 4.52. The van der Waals surface area contributed by atoms with Crippen molar-refractivity contribution in [3.63, 3.8) is 0 Å². The van der Waals surface area contributed by atoms with Crippen molar-refractivity contribution in [1.29, 1.82) is 0 Å². The monoisotopic (exact) mass is 615 g/mol. The van der Waals surface area contributed by atoms with Gasteiger partial charge in [-0.2, -0.15) is 11.8 Å². The first kappa shape index (κ1) is 33.6. The zero-order chi connectivity index (χ0) is 30.2. The van der Waals surface area contributed by atoms with Gasteiger partial charge in [-0.25, -0.2) is 9.59 Å². The van der Waals surface area contributed by atoms with E-state index in [2.05, 4.69) is 21.3 Å². The molecule has 0 unspecified atom stereocenters. The average molecular weight is 616 g/mol. The summed E-state index contributed by atoms with van der Waals surface area (Å²) in [5.74, 6) is -1.05. The van der Waals surface area contributed by atoms with Crippen molar-refractivity contribution >= 4 is 47.4 Å². The lowest BCUT2D eigenvalue weighted by molar-refractivity contribution is -0.198. The topological polar surface area (TPSA) is 191 Å². The second kappa shape index (κ2) is 18.6. The van der Waals surface area contributed by atoms with Gasteiger partial charge in [0, 0.05) is 49.8 Å². The molecular formula is C26H41N5O10S. The first-order valence-electron chi connectivity index (χ1n) is 14.4. The maximum Gasteiger partial charge on any atom is 0.335 e. The van der Waals surface area contributed by atoms with Gasteiger partial charge in [-0.15, -0.1) is 5.06 Å². The van der Waals surface area contributed by atoms with Crippen molar-refractivity contribution in [2.24, 2.45) is 0 Å². The Hall–Kier alpha value is -2.95. The predicted octanol–water partition coefficient (Wildman–Crippen LogP) is -0.618. The fourth-order valence-corrected chi connectivity index (χ4v) is 6.07. The SMILES string of the molecule is O=C(CCCC[C@@H]1SC[C@@H]2NC(=O)N[C@@H]21)NCCNC(=O)CCOCCOCCOCCC(=O)ON1C(=O)CCC1=O. The third kappa shape index (κ3) is 12.1. The van der Waals surface area contributed by atoms with Crippen LogP contribution in [0.3, 0.4) is 0 Å². The number of nitrogens with zero attached hydrogens (tertiary/aromatic N) is 1. The number of ether oxygens (including phenoxy) is 3. The second-order valence-corrected chi connectivity index (χ2v) is 11.2. The molecule has 0 aromatic rings.